The lowest BCUT2D eigenvalue weighted by atomic mass is 9.81. The predicted molar refractivity (Wildman–Crippen MR) is 177 cm³/mol. The number of methoxy groups -OCH3 is 2. The number of ether oxygens (including phenoxy) is 2. The van der Waals surface area contributed by atoms with Crippen molar-refractivity contribution in [3.8, 4) is 17.2 Å². The minimum Gasteiger partial charge on any atom is -0.466 e. The van der Waals surface area contributed by atoms with E-state index in [9.17, 15) is 27.8 Å². The summed E-state index contributed by atoms with van der Waals surface area (Å²) in [5.41, 5.74) is 9.19. The van der Waals surface area contributed by atoms with Crippen molar-refractivity contribution in [2.24, 2.45) is 5.73 Å². The molecule has 0 bridgehead atoms. The quantitative estimate of drug-likeness (QED) is 0.139. The molecule has 0 saturated carbocycles. The number of hydrogen-bond acceptors (Lipinski definition) is 9. The van der Waals surface area contributed by atoms with E-state index in [1.165, 1.54) is 18.2 Å². The molecule has 0 radical (unpaired) electrons. The molecule has 5 rings (SSSR count). The lowest BCUT2D eigenvalue weighted by Crippen LogP contribution is -2.40. The van der Waals surface area contributed by atoms with E-state index in [2.05, 4.69) is 0 Å². The number of anilines is 1. The Labute approximate surface area is 272 Å². The standard InChI is InChI=1S/C36H29N3O7S/c1-45-35(40)32-31(27-11-7-4-8-12-27)29(22-37)34(38)39(33(32)36(41)46-2)28-20-19-26(30(21-28)47(42,43)44)18-15-23-13-16-25(17-14-23)24-9-5-3-6-10-24/h3-21,31H,38H2,1-2H3,(H,42,43,44). The van der Waals surface area contributed by atoms with Crippen molar-refractivity contribution >= 4 is 39.9 Å². The lowest BCUT2D eigenvalue weighted by molar-refractivity contribution is -0.139. The van der Waals surface area contributed by atoms with Gasteiger partial charge in [-0.05, 0) is 39.9 Å². The van der Waals surface area contributed by atoms with Crippen molar-refractivity contribution in [3.05, 3.63) is 142 Å². The molecule has 10 nitrogen and oxygen atoms in total. The molecule has 1 aliphatic heterocycles. The number of nitrogens with two attached hydrogens (primary N) is 1. The second-order valence-corrected chi connectivity index (χ2v) is 11.7. The zero-order chi connectivity index (χ0) is 33.7. The molecule has 11 heteroatoms. The van der Waals surface area contributed by atoms with E-state index < -0.39 is 32.9 Å². The van der Waals surface area contributed by atoms with Gasteiger partial charge in [-0.2, -0.15) is 13.7 Å². The average Bonchev–Trinajstić information content (AvgIpc) is 3.10. The number of allylic oxidation sites excluding steroid dienone is 1. The van der Waals surface area contributed by atoms with Crippen LogP contribution in [0.4, 0.5) is 5.69 Å². The summed E-state index contributed by atoms with van der Waals surface area (Å²) >= 11 is 0. The van der Waals surface area contributed by atoms with Crippen LogP contribution in [0.5, 0.6) is 0 Å². The number of hydrogen-bond donors (Lipinski definition) is 2. The van der Waals surface area contributed by atoms with E-state index in [4.69, 9.17) is 15.2 Å². The topological polar surface area (TPSA) is 160 Å². The highest BCUT2D eigenvalue weighted by atomic mass is 32.2. The van der Waals surface area contributed by atoms with Gasteiger partial charge in [0.1, 0.15) is 16.4 Å². The summed E-state index contributed by atoms with van der Waals surface area (Å²) in [4.78, 5) is 27.2. The van der Waals surface area contributed by atoms with Crippen LogP contribution >= 0.6 is 0 Å². The third-order valence-electron chi connectivity index (χ3n) is 7.62. The SMILES string of the molecule is COC(=O)C1=C(C(=O)OC)N(c2ccc(C=Cc3ccc(-c4ccccc4)cc3)c(S(=O)(=O)O)c2)C(N)=C(C#N)C1c1ccccc1. The molecule has 0 spiro atoms. The maximum absolute atomic E-state index is 13.4. The molecule has 47 heavy (non-hydrogen) atoms. The Morgan fingerprint density at radius 3 is 2.02 bits per heavy atom. The molecular formula is C36H29N3O7S. The van der Waals surface area contributed by atoms with Crippen LogP contribution in [0.3, 0.4) is 0 Å². The first-order chi connectivity index (χ1) is 22.6. The summed E-state index contributed by atoms with van der Waals surface area (Å²) in [6.45, 7) is 0. The van der Waals surface area contributed by atoms with Gasteiger partial charge < -0.3 is 15.2 Å². The molecule has 0 saturated heterocycles. The molecule has 1 aliphatic rings. The van der Waals surface area contributed by atoms with Crippen molar-refractivity contribution in [1.82, 2.24) is 0 Å². The van der Waals surface area contributed by atoms with Gasteiger partial charge in [0.2, 0.25) is 0 Å². The average molecular weight is 648 g/mol. The Bertz CT molecular complexity index is 2080. The maximum atomic E-state index is 13.4. The number of nitriles is 1. The first-order valence-electron chi connectivity index (χ1n) is 14.2. The van der Waals surface area contributed by atoms with Gasteiger partial charge >= 0.3 is 11.9 Å². The van der Waals surface area contributed by atoms with Crippen LogP contribution in [0, 0.1) is 11.3 Å². The maximum Gasteiger partial charge on any atom is 0.355 e. The van der Waals surface area contributed by atoms with Gasteiger partial charge in [-0.15, -0.1) is 0 Å². The molecule has 1 unspecified atom stereocenters. The Hall–Kier alpha value is -5.96. The Balaban J connectivity index is 1.64. The molecule has 3 N–H and O–H groups in total. The molecule has 1 heterocycles. The number of esters is 2. The first kappa shape index (κ1) is 32.4. The number of carbonyl (C=O) groups excluding carboxylic acids is 2. The number of benzene rings is 4. The fourth-order valence-electron chi connectivity index (χ4n) is 5.41. The molecular weight excluding hydrogens is 618 g/mol. The van der Waals surface area contributed by atoms with Gasteiger partial charge in [-0.25, -0.2) is 9.59 Å². The van der Waals surface area contributed by atoms with Crippen LogP contribution in [0.1, 0.15) is 22.6 Å². The normalized spacial score (nSPS) is 15.0. The van der Waals surface area contributed by atoms with Gasteiger partial charge in [0, 0.05) is 5.69 Å². The fraction of sp³-hybridized carbons (Fsp3) is 0.0833. The van der Waals surface area contributed by atoms with Gasteiger partial charge in [0.25, 0.3) is 10.1 Å². The smallest absolute Gasteiger partial charge is 0.355 e. The first-order valence-corrected chi connectivity index (χ1v) is 15.6. The van der Waals surface area contributed by atoms with Crippen LogP contribution in [0.2, 0.25) is 0 Å². The minimum absolute atomic E-state index is 0.0412. The van der Waals surface area contributed by atoms with Crippen molar-refractivity contribution in [2.45, 2.75) is 10.8 Å². The second kappa shape index (κ2) is 13.6. The highest BCUT2D eigenvalue weighted by Crippen LogP contribution is 2.43. The summed E-state index contributed by atoms with van der Waals surface area (Å²) < 4.78 is 45.6. The third kappa shape index (κ3) is 6.55. The Kier molecular flexibility index (Phi) is 9.37. The van der Waals surface area contributed by atoms with Gasteiger partial charge in [-0.1, -0.05) is 103 Å². The zero-order valence-corrected chi connectivity index (χ0v) is 26.1. The van der Waals surface area contributed by atoms with E-state index in [1.807, 2.05) is 60.7 Å². The van der Waals surface area contributed by atoms with Gasteiger partial charge in [-0.3, -0.25) is 9.45 Å². The largest absolute Gasteiger partial charge is 0.466 e. The van der Waals surface area contributed by atoms with Crippen LogP contribution in [-0.2, 0) is 29.2 Å². The van der Waals surface area contributed by atoms with Crippen molar-refractivity contribution < 1.29 is 32.0 Å². The van der Waals surface area contributed by atoms with Crippen LogP contribution in [-0.4, -0.2) is 39.1 Å². The van der Waals surface area contributed by atoms with Crippen LogP contribution in [0.15, 0.2) is 131 Å². The molecule has 0 aliphatic carbocycles. The summed E-state index contributed by atoms with van der Waals surface area (Å²) in [5.74, 6) is -3.28. The second-order valence-electron chi connectivity index (χ2n) is 10.4. The van der Waals surface area contributed by atoms with Crippen LogP contribution in [0.25, 0.3) is 23.3 Å². The fourth-order valence-corrected chi connectivity index (χ4v) is 6.11. The van der Waals surface area contributed by atoms with E-state index in [-0.39, 0.29) is 33.9 Å². The van der Waals surface area contributed by atoms with Crippen molar-refractivity contribution in [2.75, 3.05) is 19.1 Å². The molecule has 0 amide bonds. The van der Waals surface area contributed by atoms with E-state index in [0.29, 0.717) is 5.56 Å². The highest BCUT2D eigenvalue weighted by Gasteiger charge is 2.43. The highest BCUT2D eigenvalue weighted by molar-refractivity contribution is 7.86. The number of nitrogens with zero attached hydrogens (tertiary/aromatic N) is 2. The van der Waals surface area contributed by atoms with E-state index in [0.717, 1.165) is 41.9 Å². The zero-order valence-electron chi connectivity index (χ0n) is 25.3. The van der Waals surface area contributed by atoms with E-state index in [1.54, 1.807) is 36.4 Å². The molecule has 4 aromatic carbocycles. The lowest BCUT2D eigenvalue weighted by Gasteiger charge is -2.36. The summed E-state index contributed by atoms with van der Waals surface area (Å²) in [5, 5.41) is 10.2. The van der Waals surface area contributed by atoms with Gasteiger partial charge in [0.05, 0.1) is 37.4 Å². The Morgan fingerprint density at radius 1 is 0.851 bits per heavy atom. The number of carbonyl (C=O) groups is 2. The molecule has 1 atom stereocenters. The van der Waals surface area contributed by atoms with Crippen LogP contribution < -0.4 is 10.6 Å². The van der Waals surface area contributed by atoms with E-state index >= 15 is 0 Å². The summed E-state index contributed by atoms with van der Waals surface area (Å²) in [7, 11) is -2.61. The summed E-state index contributed by atoms with van der Waals surface area (Å²) in [6.07, 6.45) is 3.20. The number of rotatable bonds is 8. The van der Waals surface area contributed by atoms with Gasteiger partial charge in [0.15, 0.2) is 0 Å². The van der Waals surface area contributed by atoms with Crippen molar-refractivity contribution in [1.29, 1.82) is 5.26 Å². The predicted octanol–water partition coefficient (Wildman–Crippen LogP) is 5.67. The Morgan fingerprint density at radius 2 is 1.45 bits per heavy atom. The third-order valence-corrected chi connectivity index (χ3v) is 8.53. The molecule has 0 aromatic heterocycles. The monoisotopic (exact) mass is 647 g/mol. The molecule has 4 aromatic rings. The minimum atomic E-state index is -4.83. The molecule has 236 valence electrons. The summed E-state index contributed by atoms with van der Waals surface area (Å²) in [6, 6.07) is 31.8. The molecule has 0 fully saturated rings. The van der Waals surface area contributed by atoms with Crippen molar-refractivity contribution in [3.63, 3.8) is 0 Å².